The van der Waals surface area contributed by atoms with Gasteiger partial charge in [0.15, 0.2) is 5.78 Å². The van der Waals surface area contributed by atoms with Crippen LogP contribution in [0, 0.1) is 3.57 Å². The number of para-hydroxylation sites is 1. The van der Waals surface area contributed by atoms with E-state index in [1.165, 1.54) is 54.6 Å². The van der Waals surface area contributed by atoms with Crippen LogP contribution in [-0.4, -0.2) is 103 Å². The molecule has 0 radical (unpaired) electrons. The van der Waals surface area contributed by atoms with Gasteiger partial charge in [0.05, 0.1) is 22.3 Å². The van der Waals surface area contributed by atoms with Gasteiger partial charge in [-0.25, -0.2) is 19.2 Å². The van der Waals surface area contributed by atoms with Crippen molar-refractivity contribution in [3.05, 3.63) is 195 Å². The van der Waals surface area contributed by atoms with Gasteiger partial charge in [0.1, 0.15) is 12.6 Å². The van der Waals surface area contributed by atoms with Crippen molar-refractivity contribution in [3.63, 3.8) is 0 Å². The minimum absolute atomic E-state index is 0.0630. The molecule has 2 atom stereocenters. The van der Waals surface area contributed by atoms with Crippen LogP contribution in [0.1, 0.15) is 90.0 Å². The molecule has 1 aliphatic heterocycles. The zero-order valence-electron chi connectivity index (χ0n) is 39.4. The van der Waals surface area contributed by atoms with Gasteiger partial charge in [-0.05, 0) is 114 Å². The van der Waals surface area contributed by atoms with Crippen LogP contribution < -0.4 is 26.6 Å². The Morgan fingerprint density at radius 1 is 0.608 bits per heavy atom. The predicted octanol–water partition coefficient (Wildman–Crippen LogP) is 7.15. The number of hydrogen-bond donors (Lipinski definition) is 8. The summed E-state index contributed by atoms with van der Waals surface area (Å²) in [5.74, 6) is -6.79. The first-order valence-electron chi connectivity index (χ1n) is 22.4. The molecule has 384 valence electrons. The van der Waals surface area contributed by atoms with E-state index in [0.29, 0.717) is 22.8 Å². The van der Waals surface area contributed by atoms with Gasteiger partial charge >= 0.3 is 29.9 Å². The number of benzene rings is 6. The second kappa shape index (κ2) is 28.6. The Labute approximate surface area is 437 Å². The van der Waals surface area contributed by atoms with E-state index in [1.54, 1.807) is 84.9 Å². The van der Waals surface area contributed by atoms with Crippen molar-refractivity contribution in [3.8, 4) is 0 Å². The Morgan fingerprint density at radius 2 is 1.11 bits per heavy atom. The number of anilines is 1. The molecule has 7 rings (SSSR count). The number of hydrogen-bond acceptors (Lipinski definition) is 10. The van der Waals surface area contributed by atoms with Gasteiger partial charge in [-0.2, -0.15) is 0 Å². The van der Waals surface area contributed by atoms with Gasteiger partial charge in [0.2, 0.25) is 5.91 Å². The summed E-state index contributed by atoms with van der Waals surface area (Å²) in [4.78, 5) is 114. The molecule has 5 amide bonds. The molecule has 1 heterocycles. The topological polar surface area (TPSA) is 311 Å². The van der Waals surface area contributed by atoms with Crippen LogP contribution in [0.3, 0.4) is 0 Å². The molecule has 6 aromatic rings. The van der Waals surface area contributed by atoms with Crippen molar-refractivity contribution in [2.75, 3.05) is 18.4 Å². The molecular formula is C53H50IN4O15P. The number of carbonyl (C=O) groups excluding carboxylic acids is 5. The lowest BCUT2D eigenvalue weighted by Crippen LogP contribution is -2.45. The lowest BCUT2D eigenvalue weighted by molar-refractivity contribution is -0.142. The standard InChI is InChI=1S/C19H16N2O5.C15H10O5.C12H10IO2P.C7H14N2O3/c22-16(20-12-6-2-1-3-7-12)11-10-15(19(25)26)21-17(23)13-8-4-5-9-14(13)18(21)24;16-13(9-5-7-10(8-6-9)14(17)18)11-3-1-2-4-12(11)15(19)20;13-10-6-8-12(9-7-10)16(14,15)11-4-2-1-3-5-11;1-2-3-4-8-7(12)9-5-6(10)11/h1-9,15H,10-11H2,(H,20,22)(H,25,26);1-8H,(H,17,18)(H,19,20);1-9H,(H,14,15);2-5H2,1H3,(H,10,11)(H2,8,9,12). The number of nitrogens with one attached hydrogen (secondary N) is 3. The smallest absolute Gasteiger partial charge is 0.336 e. The Bertz CT molecular complexity index is 2980. The Balaban J connectivity index is 0.000000222. The van der Waals surface area contributed by atoms with Crippen LogP contribution >= 0.6 is 30.0 Å². The van der Waals surface area contributed by atoms with E-state index >= 15 is 0 Å². The highest BCUT2D eigenvalue weighted by Gasteiger charge is 2.42. The lowest BCUT2D eigenvalue weighted by Gasteiger charge is -2.22. The number of unbranched alkanes of at least 4 members (excludes halogenated alkanes) is 1. The third kappa shape index (κ3) is 17.2. The fraction of sp³-hybridized carbons (Fsp3) is 0.151. The first kappa shape index (κ1) is 58.2. The van der Waals surface area contributed by atoms with Crippen molar-refractivity contribution >= 4 is 99.7 Å². The summed E-state index contributed by atoms with van der Waals surface area (Å²) >= 11 is 2.17. The fourth-order valence-corrected chi connectivity index (χ4v) is 8.46. The van der Waals surface area contributed by atoms with Crippen molar-refractivity contribution in [1.82, 2.24) is 15.5 Å². The number of nitrogens with zero attached hydrogens (tertiary/aromatic N) is 1. The first-order chi connectivity index (χ1) is 35.3. The second-order valence-corrected chi connectivity index (χ2v) is 19.1. The van der Waals surface area contributed by atoms with Crippen molar-refractivity contribution in [2.24, 2.45) is 0 Å². The average molecular weight is 1140 g/mol. The van der Waals surface area contributed by atoms with Gasteiger partial charge in [0, 0.05) is 44.0 Å². The maximum Gasteiger partial charge on any atom is 0.336 e. The van der Waals surface area contributed by atoms with Crippen LogP contribution in [0.2, 0.25) is 0 Å². The number of fused-ring (bicyclic) bond motifs is 1. The first-order valence-corrected chi connectivity index (χ1v) is 25.1. The zero-order valence-corrected chi connectivity index (χ0v) is 42.5. The molecule has 6 aromatic carbocycles. The van der Waals surface area contributed by atoms with Crippen LogP contribution in [-0.2, 0) is 18.9 Å². The van der Waals surface area contributed by atoms with Crippen LogP contribution in [0.5, 0.6) is 0 Å². The monoisotopic (exact) mass is 1140 g/mol. The number of halogens is 1. The predicted molar refractivity (Wildman–Crippen MR) is 282 cm³/mol. The zero-order chi connectivity index (χ0) is 54.4. The number of ketones is 1. The van der Waals surface area contributed by atoms with E-state index in [1.807, 2.05) is 25.1 Å². The molecule has 0 spiro atoms. The van der Waals surface area contributed by atoms with E-state index < -0.39 is 60.9 Å². The van der Waals surface area contributed by atoms with Crippen molar-refractivity contribution in [2.45, 2.75) is 38.6 Å². The maximum atomic E-state index is 12.4. The van der Waals surface area contributed by atoms with E-state index in [4.69, 9.17) is 15.3 Å². The molecule has 19 nitrogen and oxygen atoms in total. The molecule has 1 aliphatic rings. The third-order valence-corrected chi connectivity index (χ3v) is 13.1. The molecule has 0 aromatic heterocycles. The average Bonchev–Trinajstić information content (AvgIpc) is 3.64. The molecule has 2 unspecified atom stereocenters. The highest BCUT2D eigenvalue weighted by molar-refractivity contribution is 14.1. The SMILES string of the molecule is CCCCNC(=O)NCC(=O)O.O=C(CCC(C(=O)O)N1C(=O)c2ccccc2C1=O)Nc1ccccc1.O=C(O)c1ccc(C(=O)c2ccccc2C(=O)O)cc1.O=P(O)(c1ccccc1)c1ccc(I)cc1. The largest absolute Gasteiger partial charge is 0.480 e. The van der Waals surface area contributed by atoms with E-state index in [2.05, 4.69) is 38.5 Å². The number of carboxylic acid groups (broad SMARTS) is 4. The Kier molecular flexibility index (Phi) is 22.5. The van der Waals surface area contributed by atoms with Gasteiger partial charge in [0.25, 0.3) is 19.2 Å². The number of aliphatic carboxylic acids is 2. The maximum absolute atomic E-state index is 12.4. The number of amides is 5. The van der Waals surface area contributed by atoms with Crippen LogP contribution in [0.25, 0.3) is 0 Å². The Morgan fingerprint density at radius 3 is 1.62 bits per heavy atom. The van der Waals surface area contributed by atoms with Crippen molar-refractivity contribution < 1.29 is 73.0 Å². The summed E-state index contributed by atoms with van der Waals surface area (Å²) in [6.07, 6.45) is 1.60. The molecule has 21 heteroatoms. The molecular weight excluding hydrogens is 1090 g/mol. The minimum atomic E-state index is -3.42. The number of aromatic carboxylic acids is 2. The summed E-state index contributed by atoms with van der Waals surface area (Å²) in [6.45, 7) is 2.26. The van der Waals surface area contributed by atoms with E-state index in [0.717, 1.165) is 21.3 Å². The van der Waals surface area contributed by atoms with E-state index in [9.17, 15) is 57.7 Å². The van der Waals surface area contributed by atoms with Crippen molar-refractivity contribution in [1.29, 1.82) is 0 Å². The summed E-state index contributed by atoms with van der Waals surface area (Å²) in [6, 6.07) is 40.1. The number of carbonyl (C=O) groups is 9. The van der Waals surface area contributed by atoms with Crippen LogP contribution in [0.4, 0.5) is 10.5 Å². The van der Waals surface area contributed by atoms with Gasteiger partial charge < -0.3 is 41.3 Å². The normalized spacial score (nSPS) is 12.2. The molecule has 0 saturated heterocycles. The summed E-state index contributed by atoms with van der Waals surface area (Å²) in [5, 5.41) is 43.8. The number of imide groups is 1. The quantitative estimate of drug-likeness (QED) is 0.0148. The second-order valence-electron chi connectivity index (χ2n) is 15.6. The highest BCUT2D eigenvalue weighted by atomic mass is 127. The number of rotatable bonds is 17. The summed E-state index contributed by atoms with van der Waals surface area (Å²) < 4.78 is 13.3. The van der Waals surface area contributed by atoms with Gasteiger partial charge in [-0.3, -0.25) is 33.4 Å². The summed E-state index contributed by atoms with van der Waals surface area (Å²) in [5.41, 5.74) is 1.24. The van der Waals surface area contributed by atoms with Gasteiger partial charge in [-0.1, -0.05) is 92.2 Å². The molecule has 0 saturated carbocycles. The highest BCUT2D eigenvalue weighted by Crippen LogP contribution is 2.38. The molecule has 0 bridgehead atoms. The van der Waals surface area contributed by atoms with Crippen LogP contribution in [0.15, 0.2) is 158 Å². The number of urea groups is 1. The lowest BCUT2D eigenvalue weighted by atomic mass is 9.98. The van der Waals surface area contributed by atoms with E-state index in [-0.39, 0.29) is 58.7 Å². The summed E-state index contributed by atoms with van der Waals surface area (Å²) in [7, 11) is -3.42. The molecule has 74 heavy (non-hydrogen) atoms. The third-order valence-electron chi connectivity index (χ3n) is 10.4. The number of carboxylic acids is 4. The minimum Gasteiger partial charge on any atom is -0.480 e. The molecule has 0 fully saturated rings. The van der Waals surface area contributed by atoms with Gasteiger partial charge in [-0.15, -0.1) is 0 Å². The molecule has 8 N–H and O–H groups in total. The molecule has 0 aliphatic carbocycles. The fourth-order valence-electron chi connectivity index (χ4n) is 6.67. The Hall–Kier alpha value is -8.33.